The fraction of sp³-hybridized carbons (Fsp3) is 0.333. The highest BCUT2D eigenvalue weighted by atomic mass is 79.9. The summed E-state index contributed by atoms with van der Waals surface area (Å²) in [5, 5.41) is 9.58. The van der Waals surface area contributed by atoms with Crippen LogP contribution in [0.4, 0.5) is 11.4 Å². The van der Waals surface area contributed by atoms with E-state index in [1.54, 1.807) is 6.88 Å². The molecule has 0 radical (unpaired) electrons. The van der Waals surface area contributed by atoms with Gasteiger partial charge in [-0.2, -0.15) is 0 Å². The summed E-state index contributed by atoms with van der Waals surface area (Å²) in [5.41, 5.74) is 1.82. The SMILES string of the molecule is OC1COc2ccc(N(Br)Br)cc2N(Br)C1. The molecule has 1 unspecified atom stereocenters. The second kappa shape index (κ2) is 5.12. The summed E-state index contributed by atoms with van der Waals surface area (Å²) >= 11 is 9.98. The van der Waals surface area contributed by atoms with E-state index in [-0.39, 0.29) is 0 Å². The number of rotatable bonds is 1. The van der Waals surface area contributed by atoms with Crippen LogP contribution < -0.4 is 11.6 Å². The van der Waals surface area contributed by atoms with E-state index in [1.165, 1.54) is 0 Å². The highest BCUT2D eigenvalue weighted by Gasteiger charge is 2.20. The van der Waals surface area contributed by atoms with E-state index < -0.39 is 6.10 Å². The lowest BCUT2D eigenvalue weighted by Gasteiger charge is -2.18. The fourth-order valence-electron chi connectivity index (χ4n) is 1.44. The third-order valence-electron chi connectivity index (χ3n) is 2.20. The first-order valence-electron chi connectivity index (χ1n) is 4.58. The van der Waals surface area contributed by atoms with Crippen molar-refractivity contribution in [2.75, 3.05) is 20.0 Å². The molecule has 0 fully saturated rings. The number of aliphatic hydroxyl groups excluding tert-OH is 1. The van der Waals surface area contributed by atoms with Gasteiger partial charge in [-0.15, -0.1) is 0 Å². The van der Waals surface area contributed by atoms with Gasteiger partial charge in [0.2, 0.25) is 0 Å². The van der Waals surface area contributed by atoms with E-state index in [0.29, 0.717) is 13.2 Å². The van der Waals surface area contributed by atoms with Crippen molar-refractivity contribution in [3.63, 3.8) is 0 Å². The number of fused-ring (bicyclic) bond motifs is 1. The van der Waals surface area contributed by atoms with Gasteiger partial charge in [-0.25, -0.2) is 2.95 Å². The lowest BCUT2D eigenvalue weighted by molar-refractivity contribution is 0.121. The van der Waals surface area contributed by atoms with Gasteiger partial charge in [-0.1, -0.05) is 0 Å². The Bertz CT molecular complexity index is 389. The van der Waals surface area contributed by atoms with Gasteiger partial charge in [0, 0.05) is 16.1 Å². The molecule has 88 valence electrons. The first-order valence-corrected chi connectivity index (χ1v) is 6.70. The largest absolute Gasteiger partial charge is 0.489 e. The van der Waals surface area contributed by atoms with Crippen LogP contribution in [0.25, 0.3) is 0 Å². The van der Waals surface area contributed by atoms with Crippen molar-refractivity contribution in [2.24, 2.45) is 0 Å². The molecular weight excluding hydrogens is 408 g/mol. The Morgan fingerprint density at radius 2 is 2.19 bits per heavy atom. The Morgan fingerprint density at radius 3 is 2.88 bits per heavy atom. The molecule has 7 heteroatoms. The zero-order chi connectivity index (χ0) is 11.7. The number of anilines is 2. The molecule has 0 aromatic heterocycles. The number of nitrogens with zero attached hydrogens (tertiary/aromatic N) is 2. The molecule has 0 amide bonds. The zero-order valence-corrected chi connectivity index (χ0v) is 12.9. The molecule has 1 N–H and O–H groups in total. The molecule has 4 nitrogen and oxygen atoms in total. The molecule has 16 heavy (non-hydrogen) atoms. The topological polar surface area (TPSA) is 35.9 Å². The van der Waals surface area contributed by atoms with Crippen molar-refractivity contribution >= 4 is 59.8 Å². The standard InChI is InChI=1S/C9H9Br3N2O2/c10-13-4-7(15)5-16-9-2-1-6(14(11)12)3-8(9)13/h1-3,7,15H,4-5H2. The van der Waals surface area contributed by atoms with E-state index in [4.69, 9.17) is 4.74 Å². The maximum Gasteiger partial charge on any atom is 0.143 e. The highest BCUT2D eigenvalue weighted by Crippen LogP contribution is 2.37. The molecule has 1 aliphatic rings. The molecule has 0 spiro atoms. The van der Waals surface area contributed by atoms with Gasteiger partial charge in [0.1, 0.15) is 18.5 Å². The highest BCUT2D eigenvalue weighted by molar-refractivity contribution is 9.25. The van der Waals surface area contributed by atoms with E-state index in [1.807, 2.05) is 18.2 Å². The summed E-state index contributed by atoms with van der Waals surface area (Å²) in [6.45, 7) is 0.793. The van der Waals surface area contributed by atoms with E-state index in [2.05, 4.69) is 48.4 Å². The third-order valence-corrected chi connectivity index (χ3v) is 3.69. The molecule has 1 atom stereocenters. The van der Waals surface area contributed by atoms with Gasteiger partial charge in [-0.05, 0) is 18.2 Å². The van der Waals surface area contributed by atoms with Gasteiger partial charge >= 0.3 is 0 Å². The van der Waals surface area contributed by atoms with Gasteiger partial charge in [-0.3, -0.25) is 0 Å². The first-order chi connectivity index (χ1) is 7.58. The van der Waals surface area contributed by atoms with Crippen LogP contribution in [0, 0.1) is 0 Å². The zero-order valence-electron chi connectivity index (χ0n) is 8.11. The third kappa shape index (κ3) is 2.64. The minimum Gasteiger partial charge on any atom is -0.489 e. The average molecular weight is 417 g/mol. The molecule has 1 aliphatic heterocycles. The van der Waals surface area contributed by atoms with E-state index in [0.717, 1.165) is 17.1 Å². The monoisotopic (exact) mass is 414 g/mol. The van der Waals surface area contributed by atoms with Crippen molar-refractivity contribution in [2.45, 2.75) is 6.10 Å². The van der Waals surface area contributed by atoms with E-state index >= 15 is 0 Å². The van der Waals surface area contributed by atoms with Crippen LogP contribution in [0.5, 0.6) is 5.75 Å². The fourth-order valence-corrected chi connectivity index (χ4v) is 2.50. The van der Waals surface area contributed by atoms with Crippen LogP contribution in [0.15, 0.2) is 18.2 Å². The quantitative estimate of drug-likeness (QED) is 0.714. The molecule has 0 saturated carbocycles. The molecule has 1 heterocycles. The molecular formula is C9H9Br3N2O2. The summed E-state index contributed by atoms with van der Waals surface area (Å²) in [5.74, 6) is 0.749. The van der Waals surface area contributed by atoms with Crippen molar-refractivity contribution in [3.05, 3.63) is 18.2 Å². The maximum atomic E-state index is 9.58. The van der Waals surface area contributed by atoms with Crippen LogP contribution in [-0.2, 0) is 0 Å². The number of ether oxygens (including phenoxy) is 1. The van der Waals surface area contributed by atoms with Crippen LogP contribution in [0.2, 0.25) is 0 Å². The Hall–Kier alpha value is 0.0200. The Morgan fingerprint density at radius 1 is 1.44 bits per heavy atom. The second-order valence-electron chi connectivity index (χ2n) is 3.39. The molecule has 1 aromatic carbocycles. The van der Waals surface area contributed by atoms with Crippen molar-refractivity contribution in [3.8, 4) is 5.75 Å². The Kier molecular flexibility index (Phi) is 3.99. The predicted octanol–water partition coefficient (Wildman–Crippen LogP) is 2.98. The minimum atomic E-state index is -0.501. The average Bonchev–Trinajstić information content (AvgIpc) is 2.38. The minimum absolute atomic E-state index is 0.306. The van der Waals surface area contributed by atoms with Crippen LogP contribution in [-0.4, -0.2) is 24.4 Å². The van der Waals surface area contributed by atoms with Gasteiger partial charge in [0.15, 0.2) is 0 Å². The van der Waals surface area contributed by atoms with Crippen LogP contribution >= 0.6 is 48.4 Å². The number of hydrogen-bond donors (Lipinski definition) is 1. The van der Waals surface area contributed by atoms with E-state index in [9.17, 15) is 5.11 Å². The summed E-state index contributed by atoms with van der Waals surface area (Å²) in [7, 11) is 0. The summed E-state index contributed by atoms with van der Waals surface area (Å²) in [4.78, 5) is 0. The van der Waals surface area contributed by atoms with Crippen LogP contribution in [0.3, 0.4) is 0 Å². The first kappa shape index (κ1) is 12.5. The summed E-state index contributed by atoms with van der Waals surface area (Å²) in [6.07, 6.45) is -0.501. The number of β-amino-alcohol motifs (C(OH)–C–C–N with tert-alkyl or cyclic N) is 1. The number of aliphatic hydroxyl groups is 1. The van der Waals surface area contributed by atoms with Gasteiger partial charge in [0.05, 0.1) is 50.2 Å². The van der Waals surface area contributed by atoms with Crippen LogP contribution in [0.1, 0.15) is 0 Å². The number of halogens is 3. The summed E-state index contributed by atoms with van der Waals surface area (Å²) < 4.78 is 8.95. The molecule has 0 bridgehead atoms. The lowest BCUT2D eigenvalue weighted by Crippen LogP contribution is -2.26. The number of benzene rings is 1. The molecule has 2 rings (SSSR count). The Labute approximate surface area is 119 Å². The maximum absolute atomic E-state index is 9.58. The molecule has 0 aliphatic carbocycles. The second-order valence-corrected chi connectivity index (χ2v) is 6.62. The Balaban J connectivity index is 2.37. The normalized spacial score (nSPS) is 19.8. The summed E-state index contributed by atoms with van der Waals surface area (Å²) in [6, 6.07) is 5.71. The molecule has 0 saturated heterocycles. The van der Waals surface area contributed by atoms with Crippen molar-refractivity contribution in [1.82, 2.24) is 0 Å². The molecule has 1 aromatic rings. The van der Waals surface area contributed by atoms with Crippen molar-refractivity contribution < 1.29 is 9.84 Å². The number of hydrogen-bond acceptors (Lipinski definition) is 4. The van der Waals surface area contributed by atoms with Crippen molar-refractivity contribution in [1.29, 1.82) is 0 Å². The predicted molar refractivity (Wildman–Crippen MR) is 74.5 cm³/mol. The van der Waals surface area contributed by atoms with Gasteiger partial charge in [0.25, 0.3) is 0 Å². The lowest BCUT2D eigenvalue weighted by atomic mass is 10.2. The smallest absolute Gasteiger partial charge is 0.143 e. The van der Waals surface area contributed by atoms with Gasteiger partial charge < -0.3 is 13.8 Å².